The van der Waals surface area contributed by atoms with E-state index in [1.807, 2.05) is 0 Å². The van der Waals surface area contributed by atoms with Gasteiger partial charge < -0.3 is 15.1 Å². The summed E-state index contributed by atoms with van der Waals surface area (Å²) >= 11 is 0. The molecule has 2 aromatic carbocycles. The number of amides is 2. The summed E-state index contributed by atoms with van der Waals surface area (Å²) in [4.78, 5) is 19.6. The van der Waals surface area contributed by atoms with Crippen LogP contribution in [0.15, 0.2) is 47.6 Å². The van der Waals surface area contributed by atoms with Gasteiger partial charge in [-0.25, -0.2) is 13.6 Å². The lowest BCUT2D eigenvalue weighted by Crippen LogP contribution is -2.50. The minimum Gasteiger partial charge on any atom is -0.390 e. The number of carbonyl (C=O) groups is 1. The van der Waals surface area contributed by atoms with E-state index in [0.29, 0.717) is 0 Å². The van der Waals surface area contributed by atoms with Gasteiger partial charge in [-0.2, -0.15) is 13.2 Å². The van der Waals surface area contributed by atoms with Crippen LogP contribution in [0.1, 0.15) is 43.9 Å². The van der Waals surface area contributed by atoms with E-state index in [4.69, 9.17) is 4.84 Å². The first kappa shape index (κ1) is 24.5. The highest BCUT2D eigenvalue weighted by atomic mass is 19.4. The van der Waals surface area contributed by atoms with Crippen molar-refractivity contribution < 1.29 is 31.6 Å². The molecule has 1 unspecified atom stereocenters. The maximum absolute atomic E-state index is 14.1. The summed E-state index contributed by atoms with van der Waals surface area (Å²) in [5.74, 6) is -1.51. The number of oxime groups is 1. The van der Waals surface area contributed by atoms with Crippen molar-refractivity contribution in [2.75, 3.05) is 6.54 Å². The summed E-state index contributed by atoms with van der Waals surface area (Å²) in [5, 5.41) is 6.65. The predicted octanol–water partition coefficient (Wildman–Crippen LogP) is 5.49. The lowest BCUT2D eigenvalue weighted by atomic mass is 10.0. The molecule has 178 valence electrons. The van der Waals surface area contributed by atoms with Gasteiger partial charge in [0.2, 0.25) is 0 Å². The molecule has 2 aromatic rings. The molecule has 2 amide bonds. The minimum atomic E-state index is -4.51. The average molecular weight is 469 g/mol. The zero-order chi connectivity index (χ0) is 24.4. The third kappa shape index (κ3) is 6.66. The second kappa shape index (κ2) is 9.36. The third-order valence-electron chi connectivity index (χ3n) is 4.80. The standard InChI is InChI=1S/C23H24F5N3O2/c1-22(2,3)29-21(32)31(12-14-5-4-6-15(9-14)23(26,27)28)13-17-11-20(30-33-17)18-8-7-16(24)10-19(18)25/h4-10,17H,11-13H2,1-3H3,(H,29,32). The topological polar surface area (TPSA) is 53.9 Å². The quantitative estimate of drug-likeness (QED) is 0.589. The van der Waals surface area contributed by atoms with Gasteiger partial charge in [-0.05, 0) is 50.6 Å². The molecule has 1 aliphatic heterocycles. The van der Waals surface area contributed by atoms with Crippen molar-refractivity contribution in [2.24, 2.45) is 5.16 Å². The molecule has 0 spiro atoms. The van der Waals surface area contributed by atoms with Crippen molar-refractivity contribution >= 4 is 11.7 Å². The average Bonchev–Trinajstić information content (AvgIpc) is 3.14. The third-order valence-corrected chi connectivity index (χ3v) is 4.80. The van der Waals surface area contributed by atoms with E-state index in [1.54, 1.807) is 20.8 Å². The van der Waals surface area contributed by atoms with Crippen molar-refractivity contribution in [3.05, 3.63) is 70.8 Å². The number of nitrogens with one attached hydrogen (secondary N) is 1. The van der Waals surface area contributed by atoms with Gasteiger partial charge >= 0.3 is 12.2 Å². The molecule has 1 heterocycles. The van der Waals surface area contributed by atoms with Crippen LogP contribution in [0, 0.1) is 11.6 Å². The Bertz CT molecular complexity index is 1050. The minimum absolute atomic E-state index is 0.00598. The lowest BCUT2D eigenvalue weighted by molar-refractivity contribution is -0.137. The number of urea groups is 1. The van der Waals surface area contributed by atoms with E-state index >= 15 is 0 Å². The molecule has 1 aliphatic rings. The zero-order valence-electron chi connectivity index (χ0n) is 18.3. The normalized spacial score (nSPS) is 16.2. The van der Waals surface area contributed by atoms with E-state index < -0.39 is 41.0 Å². The van der Waals surface area contributed by atoms with Gasteiger partial charge in [0.15, 0.2) is 6.10 Å². The number of halogens is 5. The highest BCUT2D eigenvalue weighted by Gasteiger charge is 2.32. The number of benzene rings is 2. The predicted molar refractivity (Wildman–Crippen MR) is 113 cm³/mol. The van der Waals surface area contributed by atoms with Crippen LogP contribution in [0.4, 0.5) is 26.7 Å². The monoisotopic (exact) mass is 469 g/mol. The molecule has 0 aromatic heterocycles. The van der Waals surface area contributed by atoms with Crippen LogP contribution in [-0.4, -0.2) is 34.8 Å². The molecular weight excluding hydrogens is 445 g/mol. The van der Waals surface area contributed by atoms with Gasteiger partial charge in [-0.1, -0.05) is 17.3 Å². The fourth-order valence-corrected chi connectivity index (χ4v) is 3.34. The van der Waals surface area contributed by atoms with Gasteiger partial charge in [-0.3, -0.25) is 0 Å². The summed E-state index contributed by atoms with van der Waals surface area (Å²) in [6.45, 7) is 5.22. The van der Waals surface area contributed by atoms with E-state index in [2.05, 4.69) is 10.5 Å². The SMILES string of the molecule is CC(C)(C)NC(=O)N(Cc1cccc(C(F)(F)F)c1)CC1CC(c2ccc(F)cc2F)=NO1. The molecule has 0 aliphatic carbocycles. The molecule has 0 saturated carbocycles. The van der Waals surface area contributed by atoms with Crippen LogP contribution in [0.25, 0.3) is 0 Å². The van der Waals surface area contributed by atoms with Crippen molar-refractivity contribution in [2.45, 2.75) is 51.6 Å². The van der Waals surface area contributed by atoms with E-state index in [0.717, 1.165) is 24.3 Å². The molecule has 0 radical (unpaired) electrons. The van der Waals surface area contributed by atoms with Crippen molar-refractivity contribution in [3.8, 4) is 0 Å². The lowest BCUT2D eigenvalue weighted by Gasteiger charge is -2.30. The fraction of sp³-hybridized carbons (Fsp3) is 0.391. The molecule has 3 rings (SSSR count). The summed E-state index contributed by atoms with van der Waals surface area (Å²) in [7, 11) is 0. The Labute approximate surface area is 188 Å². The first-order chi connectivity index (χ1) is 15.3. The molecule has 0 saturated heterocycles. The number of alkyl halides is 3. The van der Waals surface area contributed by atoms with Gasteiger partial charge in [0.1, 0.15) is 11.6 Å². The van der Waals surface area contributed by atoms with Crippen molar-refractivity contribution in [1.82, 2.24) is 10.2 Å². The Balaban J connectivity index is 1.76. The Hall–Kier alpha value is -3.17. The highest BCUT2D eigenvalue weighted by molar-refractivity contribution is 6.01. The summed E-state index contributed by atoms with van der Waals surface area (Å²) < 4.78 is 66.5. The molecule has 5 nitrogen and oxygen atoms in total. The Kier molecular flexibility index (Phi) is 6.94. The first-order valence-electron chi connectivity index (χ1n) is 10.2. The first-order valence-corrected chi connectivity index (χ1v) is 10.2. The van der Waals surface area contributed by atoms with Crippen LogP contribution in [0.2, 0.25) is 0 Å². The Morgan fingerprint density at radius 3 is 2.52 bits per heavy atom. The van der Waals surface area contributed by atoms with Gasteiger partial charge in [0.25, 0.3) is 0 Å². The second-order valence-corrected chi connectivity index (χ2v) is 8.85. The van der Waals surface area contributed by atoms with Crippen LogP contribution < -0.4 is 5.32 Å². The number of rotatable bonds is 5. The van der Waals surface area contributed by atoms with Crippen molar-refractivity contribution in [1.29, 1.82) is 0 Å². The Morgan fingerprint density at radius 1 is 1.15 bits per heavy atom. The molecule has 0 bridgehead atoms. The molecule has 0 fully saturated rings. The Morgan fingerprint density at radius 2 is 1.88 bits per heavy atom. The van der Waals surface area contributed by atoms with E-state index in [-0.39, 0.29) is 36.3 Å². The maximum atomic E-state index is 14.1. The molecule has 1 atom stereocenters. The number of hydrogen-bond acceptors (Lipinski definition) is 3. The number of hydrogen-bond donors (Lipinski definition) is 1. The maximum Gasteiger partial charge on any atom is 0.416 e. The molecular formula is C23H24F5N3O2. The van der Waals surface area contributed by atoms with E-state index in [9.17, 15) is 26.7 Å². The molecule has 33 heavy (non-hydrogen) atoms. The summed E-state index contributed by atoms with van der Waals surface area (Å²) in [6.07, 6.45) is -5.02. The van der Waals surface area contributed by atoms with E-state index in [1.165, 1.54) is 23.1 Å². The molecule has 10 heteroatoms. The van der Waals surface area contributed by atoms with Gasteiger partial charge in [0, 0.05) is 30.1 Å². The summed E-state index contributed by atoms with van der Waals surface area (Å²) in [6, 6.07) is 7.32. The smallest absolute Gasteiger partial charge is 0.390 e. The van der Waals surface area contributed by atoms with Crippen LogP contribution in [0.5, 0.6) is 0 Å². The second-order valence-electron chi connectivity index (χ2n) is 8.85. The highest BCUT2D eigenvalue weighted by Crippen LogP contribution is 2.30. The van der Waals surface area contributed by atoms with Gasteiger partial charge in [-0.15, -0.1) is 0 Å². The van der Waals surface area contributed by atoms with Crippen LogP contribution in [-0.2, 0) is 17.6 Å². The van der Waals surface area contributed by atoms with Crippen LogP contribution >= 0.6 is 0 Å². The van der Waals surface area contributed by atoms with Crippen molar-refractivity contribution in [3.63, 3.8) is 0 Å². The number of nitrogens with zero attached hydrogens (tertiary/aromatic N) is 2. The number of carbonyl (C=O) groups excluding carboxylic acids is 1. The fourth-order valence-electron chi connectivity index (χ4n) is 3.34. The summed E-state index contributed by atoms with van der Waals surface area (Å²) in [5.41, 5.74) is -0.767. The van der Waals surface area contributed by atoms with Crippen LogP contribution in [0.3, 0.4) is 0 Å². The zero-order valence-corrected chi connectivity index (χ0v) is 18.3. The molecule has 1 N–H and O–H groups in total. The largest absolute Gasteiger partial charge is 0.416 e. The van der Waals surface area contributed by atoms with Gasteiger partial charge in [0.05, 0.1) is 17.8 Å².